The number of hydrogen-bond donors (Lipinski definition) is 2. The van der Waals surface area contributed by atoms with Gasteiger partial charge in [-0.2, -0.15) is 9.78 Å². The minimum Gasteiger partial charge on any atom is -0.378 e. The molecule has 0 bridgehead atoms. The lowest BCUT2D eigenvalue weighted by Gasteiger charge is -2.05. The molecule has 146 valence electrons. The summed E-state index contributed by atoms with van der Waals surface area (Å²) in [6, 6.07) is 10.9. The predicted octanol–water partition coefficient (Wildman–Crippen LogP) is 2.77. The van der Waals surface area contributed by atoms with Gasteiger partial charge in [0, 0.05) is 10.6 Å². The van der Waals surface area contributed by atoms with E-state index in [9.17, 15) is 4.79 Å². The molecule has 0 fully saturated rings. The van der Waals surface area contributed by atoms with Crippen LogP contribution in [0.4, 0.5) is 5.82 Å². The highest BCUT2D eigenvalue weighted by molar-refractivity contribution is 7.13. The Morgan fingerprint density at radius 2 is 2.10 bits per heavy atom. The van der Waals surface area contributed by atoms with E-state index in [0.29, 0.717) is 22.0 Å². The first-order valence-corrected chi connectivity index (χ1v) is 9.49. The molecule has 10 nitrogen and oxygen atoms in total. The van der Waals surface area contributed by atoms with Crippen LogP contribution in [0.25, 0.3) is 16.4 Å². The molecule has 0 saturated carbocycles. The maximum Gasteiger partial charge on any atom is 0.294 e. The third-order valence-corrected chi connectivity index (χ3v) is 5.13. The standard InChI is InChI=1S/C17H13ClN8O2S/c1-9(10-5-2-3-6-11(10)18)20-22-17(27)13-14(12-7-4-8-29-12)26(25-21-13)16-15(19)23-28-24-16/h2-8H,1H3,(H2,19,23)(H,22,27)/b20-9-. The number of carbonyl (C=O) groups is 1. The third-order valence-electron chi connectivity index (χ3n) is 3.92. The molecule has 0 aliphatic carbocycles. The fourth-order valence-corrected chi connectivity index (χ4v) is 3.59. The zero-order valence-corrected chi connectivity index (χ0v) is 16.5. The normalized spacial score (nSPS) is 11.6. The second-order valence-corrected chi connectivity index (χ2v) is 7.12. The van der Waals surface area contributed by atoms with Crippen LogP contribution in [0.5, 0.6) is 0 Å². The number of anilines is 1. The summed E-state index contributed by atoms with van der Waals surface area (Å²) in [7, 11) is 0. The van der Waals surface area contributed by atoms with Crippen LogP contribution in [0.3, 0.4) is 0 Å². The number of thiophene rings is 1. The van der Waals surface area contributed by atoms with Gasteiger partial charge >= 0.3 is 0 Å². The van der Waals surface area contributed by atoms with E-state index >= 15 is 0 Å². The number of aromatic nitrogens is 5. The van der Waals surface area contributed by atoms with Crippen molar-refractivity contribution in [2.24, 2.45) is 5.10 Å². The summed E-state index contributed by atoms with van der Waals surface area (Å²) in [5, 5.41) is 21.8. The van der Waals surface area contributed by atoms with Gasteiger partial charge in [-0.3, -0.25) is 4.79 Å². The van der Waals surface area contributed by atoms with Crippen molar-refractivity contribution in [1.82, 2.24) is 30.7 Å². The average Bonchev–Trinajstić information content (AvgIpc) is 3.45. The first-order chi connectivity index (χ1) is 14.1. The van der Waals surface area contributed by atoms with E-state index in [1.54, 1.807) is 19.1 Å². The van der Waals surface area contributed by atoms with Crippen molar-refractivity contribution < 1.29 is 9.42 Å². The van der Waals surface area contributed by atoms with Gasteiger partial charge in [-0.05, 0) is 34.7 Å². The summed E-state index contributed by atoms with van der Waals surface area (Å²) < 4.78 is 5.94. The average molecular weight is 429 g/mol. The molecule has 4 rings (SSSR count). The Kier molecular flexibility index (Phi) is 5.06. The number of benzene rings is 1. The van der Waals surface area contributed by atoms with Crippen molar-refractivity contribution >= 4 is 40.4 Å². The van der Waals surface area contributed by atoms with Gasteiger partial charge < -0.3 is 5.73 Å². The van der Waals surface area contributed by atoms with Gasteiger partial charge in [-0.25, -0.2) is 10.1 Å². The molecule has 0 saturated heterocycles. The number of nitrogens with one attached hydrogen (secondary N) is 1. The second kappa shape index (κ2) is 7.81. The van der Waals surface area contributed by atoms with Gasteiger partial charge in [0.05, 0.1) is 10.6 Å². The largest absolute Gasteiger partial charge is 0.378 e. The number of amides is 1. The topological polar surface area (TPSA) is 137 Å². The van der Waals surface area contributed by atoms with Crippen LogP contribution in [0.1, 0.15) is 23.0 Å². The van der Waals surface area contributed by atoms with Gasteiger partial charge in [0.1, 0.15) is 5.69 Å². The molecule has 3 N–H and O–H groups in total. The van der Waals surface area contributed by atoms with E-state index in [4.69, 9.17) is 17.3 Å². The van der Waals surface area contributed by atoms with Gasteiger partial charge in [-0.15, -0.1) is 16.4 Å². The van der Waals surface area contributed by atoms with Crippen LogP contribution >= 0.6 is 22.9 Å². The van der Waals surface area contributed by atoms with Crippen molar-refractivity contribution in [3.63, 3.8) is 0 Å². The van der Waals surface area contributed by atoms with E-state index in [0.717, 1.165) is 4.88 Å². The van der Waals surface area contributed by atoms with Crippen LogP contribution in [0.2, 0.25) is 5.02 Å². The van der Waals surface area contributed by atoms with E-state index in [1.165, 1.54) is 16.0 Å². The van der Waals surface area contributed by atoms with Crippen molar-refractivity contribution in [2.45, 2.75) is 6.92 Å². The van der Waals surface area contributed by atoms with E-state index in [-0.39, 0.29) is 17.3 Å². The van der Waals surface area contributed by atoms with Crippen LogP contribution in [0, 0.1) is 0 Å². The molecule has 0 aliphatic rings. The molecule has 0 spiro atoms. The molecule has 3 heterocycles. The number of nitrogen functional groups attached to an aromatic ring is 1. The Labute approximate surface area is 172 Å². The van der Waals surface area contributed by atoms with Crippen molar-refractivity contribution in [1.29, 1.82) is 0 Å². The molecule has 1 aromatic carbocycles. The van der Waals surface area contributed by atoms with E-state index < -0.39 is 5.91 Å². The summed E-state index contributed by atoms with van der Waals surface area (Å²) in [5.41, 5.74) is 9.95. The zero-order valence-electron chi connectivity index (χ0n) is 14.9. The van der Waals surface area contributed by atoms with Crippen molar-refractivity contribution in [3.05, 3.63) is 58.1 Å². The Balaban J connectivity index is 1.69. The molecule has 3 aromatic heterocycles. The number of rotatable bonds is 5. The highest BCUT2D eigenvalue weighted by Crippen LogP contribution is 2.29. The molecule has 4 aromatic rings. The summed E-state index contributed by atoms with van der Waals surface area (Å²) in [6.07, 6.45) is 0. The van der Waals surface area contributed by atoms with Gasteiger partial charge in [-0.1, -0.05) is 41.1 Å². The molecule has 0 radical (unpaired) electrons. The van der Waals surface area contributed by atoms with Crippen molar-refractivity contribution in [2.75, 3.05) is 5.73 Å². The Hall–Kier alpha value is -3.57. The van der Waals surface area contributed by atoms with Gasteiger partial charge in [0.25, 0.3) is 5.91 Å². The number of hydrazone groups is 1. The lowest BCUT2D eigenvalue weighted by atomic mass is 10.1. The van der Waals surface area contributed by atoms with E-state index in [1.807, 2.05) is 29.6 Å². The Morgan fingerprint density at radius 3 is 2.79 bits per heavy atom. The minimum atomic E-state index is -0.555. The van der Waals surface area contributed by atoms with Crippen molar-refractivity contribution in [3.8, 4) is 16.4 Å². The van der Waals surface area contributed by atoms with Crippen LogP contribution in [-0.4, -0.2) is 36.9 Å². The van der Waals surface area contributed by atoms with E-state index in [2.05, 4.69) is 35.8 Å². The highest BCUT2D eigenvalue weighted by Gasteiger charge is 2.25. The fourth-order valence-electron chi connectivity index (χ4n) is 2.56. The van der Waals surface area contributed by atoms with Crippen LogP contribution in [0.15, 0.2) is 51.5 Å². The molecule has 0 unspecified atom stereocenters. The SMILES string of the molecule is C/C(=N/NC(=O)c1nnn(-c2nonc2N)c1-c1cccs1)c1ccccc1Cl. The number of halogens is 1. The number of nitrogens with two attached hydrogens (primary N) is 1. The first-order valence-electron chi connectivity index (χ1n) is 8.23. The monoisotopic (exact) mass is 428 g/mol. The minimum absolute atomic E-state index is 0.0206. The fraction of sp³-hybridized carbons (Fsp3) is 0.0588. The summed E-state index contributed by atoms with van der Waals surface area (Å²) in [6.45, 7) is 1.74. The summed E-state index contributed by atoms with van der Waals surface area (Å²) in [4.78, 5) is 13.5. The quantitative estimate of drug-likeness (QED) is 0.368. The molecular formula is C17H13ClN8O2S. The lowest BCUT2D eigenvalue weighted by molar-refractivity contribution is 0.0950. The molecular weight excluding hydrogens is 416 g/mol. The van der Waals surface area contributed by atoms with Gasteiger partial charge in [0.15, 0.2) is 5.69 Å². The lowest BCUT2D eigenvalue weighted by Crippen LogP contribution is -2.21. The predicted molar refractivity (Wildman–Crippen MR) is 108 cm³/mol. The molecule has 29 heavy (non-hydrogen) atoms. The highest BCUT2D eigenvalue weighted by atomic mass is 35.5. The maximum atomic E-state index is 12.8. The van der Waals surface area contributed by atoms with Crippen LogP contribution < -0.4 is 11.2 Å². The second-order valence-electron chi connectivity index (χ2n) is 5.77. The molecule has 0 atom stereocenters. The number of carbonyl (C=O) groups excluding carboxylic acids is 1. The van der Waals surface area contributed by atoms with Crippen LogP contribution in [-0.2, 0) is 0 Å². The first kappa shape index (κ1) is 18.8. The number of hydrogen-bond acceptors (Lipinski definition) is 9. The summed E-state index contributed by atoms with van der Waals surface area (Å²) in [5.74, 6) is -0.399. The Morgan fingerprint density at radius 1 is 1.28 bits per heavy atom. The molecule has 1 amide bonds. The third kappa shape index (κ3) is 3.60. The van der Waals surface area contributed by atoms with Gasteiger partial charge in [0.2, 0.25) is 11.6 Å². The molecule has 0 aliphatic heterocycles. The number of nitrogens with zero attached hydrogens (tertiary/aromatic N) is 6. The molecule has 12 heteroatoms. The maximum absolute atomic E-state index is 12.8. The summed E-state index contributed by atoms with van der Waals surface area (Å²) >= 11 is 7.57. The smallest absolute Gasteiger partial charge is 0.294 e. The zero-order chi connectivity index (χ0) is 20.4. The Bertz CT molecular complexity index is 1200.